The molecule has 0 spiro atoms. The van der Waals surface area contributed by atoms with E-state index in [0.717, 1.165) is 11.1 Å². The van der Waals surface area contributed by atoms with Gasteiger partial charge in [-0.3, -0.25) is 4.90 Å². The first kappa shape index (κ1) is 22.5. The lowest BCUT2D eigenvalue weighted by molar-refractivity contribution is -0.138. The van der Waals surface area contributed by atoms with Crippen LogP contribution in [0.2, 0.25) is 5.02 Å². The van der Waals surface area contributed by atoms with Crippen LogP contribution in [-0.4, -0.2) is 42.4 Å². The van der Waals surface area contributed by atoms with E-state index in [9.17, 15) is 9.59 Å². The number of aryl methyl sites for hydroxylation is 1. The number of nitrogens with zero attached hydrogens (tertiary/aromatic N) is 4. The molecule has 0 aliphatic carbocycles. The molecule has 0 fully saturated rings. The highest BCUT2D eigenvalue weighted by molar-refractivity contribution is 6.41. The van der Waals surface area contributed by atoms with Crippen LogP contribution < -0.4 is 5.01 Å². The molecular weight excluding hydrogens is 444 g/mol. The van der Waals surface area contributed by atoms with Gasteiger partial charge in [-0.05, 0) is 44.5 Å². The van der Waals surface area contributed by atoms with Crippen LogP contribution in [0.3, 0.4) is 0 Å². The molecule has 2 aromatic rings. The van der Waals surface area contributed by atoms with Gasteiger partial charge in [-0.25, -0.2) is 14.6 Å². The Balaban J connectivity index is 1.94. The number of fused-ring (bicyclic) bond motifs is 1. The van der Waals surface area contributed by atoms with Crippen molar-refractivity contribution in [3.05, 3.63) is 76.0 Å². The van der Waals surface area contributed by atoms with Gasteiger partial charge in [-0.2, -0.15) is 5.01 Å². The first-order valence-electron chi connectivity index (χ1n) is 10.4. The minimum Gasteiger partial charge on any atom is -0.466 e. The summed E-state index contributed by atoms with van der Waals surface area (Å²) < 4.78 is 10.4. The van der Waals surface area contributed by atoms with Gasteiger partial charge in [0, 0.05) is 5.02 Å². The fraction of sp³-hybridized carbons (Fsp3) is 0.250. The van der Waals surface area contributed by atoms with Gasteiger partial charge < -0.3 is 9.47 Å². The van der Waals surface area contributed by atoms with Crippen LogP contribution in [0.5, 0.6) is 0 Å². The second-order valence-electron chi connectivity index (χ2n) is 7.52. The normalized spacial score (nSPS) is 17.4. The zero-order chi connectivity index (χ0) is 23.7. The van der Waals surface area contributed by atoms with Crippen molar-refractivity contribution in [3.8, 4) is 0 Å². The van der Waals surface area contributed by atoms with Crippen LogP contribution in [0, 0.1) is 6.92 Å². The SMILES string of the molecule is CCOC(=O)C1=NN(c2cccc(Cl)c2)C2=NC(C)=C(C(=O)OC)[C@@H](c3ccc(C)cc3)N12. The fourth-order valence-corrected chi connectivity index (χ4v) is 3.99. The molecule has 8 nitrogen and oxygen atoms in total. The van der Waals surface area contributed by atoms with E-state index in [4.69, 9.17) is 21.1 Å². The number of hydrogen-bond acceptors (Lipinski definition) is 8. The molecule has 2 aliphatic rings. The van der Waals surface area contributed by atoms with Crippen molar-refractivity contribution in [2.24, 2.45) is 10.1 Å². The molecule has 170 valence electrons. The number of halogens is 1. The summed E-state index contributed by atoms with van der Waals surface area (Å²) in [5, 5.41) is 6.57. The Labute approximate surface area is 196 Å². The highest BCUT2D eigenvalue weighted by atomic mass is 35.5. The number of carbonyl (C=O) groups is 2. The van der Waals surface area contributed by atoms with E-state index in [-0.39, 0.29) is 12.4 Å². The Morgan fingerprint density at radius 1 is 1.09 bits per heavy atom. The number of ether oxygens (including phenoxy) is 2. The zero-order valence-corrected chi connectivity index (χ0v) is 19.5. The highest BCUT2D eigenvalue weighted by Gasteiger charge is 2.47. The van der Waals surface area contributed by atoms with E-state index in [2.05, 4.69) is 10.1 Å². The maximum absolute atomic E-state index is 13.0. The predicted molar refractivity (Wildman–Crippen MR) is 126 cm³/mol. The van der Waals surface area contributed by atoms with Gasteiger partial charge >= 0.3 is 11.9 Å². The molecule has 4 rings (SSSR count). The Morgan fingerprint density at radius 3 is 2.45 bits per heavy atom. The van der Waals surface area contributed by atoms with E-state index in [1.165, 1.54) is 12.1 Å². The van der Waals surface area contributed by atoms with Gasteiger partial charge in [-0.1, -0.05) is 47.5 Å². The number of aliphatic imine (C=N–C) groups is 1. The number of carbonyl (C=O) groups excluding carboxylic acids is 2. The summed E-state index contributed by atoms with van der Waals surface area (Å²) in [7, 11) is 1.32. The third kappa shape index (κ3) is 4.09. The number of methoxy groups -OCH3 is 1. The number of allylic oxidation sites excluding steroid dienone is 1. The lowest BCUT2D eigenvalue weighted by Gasteiger charge is -2.35. The number of anilines is 1. The van der Waals surface area contributed by atoms with Crippen molar-refractivity contribution >= 4 is 41.0 Å². The Kier molecular flexibility index (Phi) is 6.20. The molecule has 33 heavy (non-hydrogen) atoms. The van der Waals surface area contributed by atoms with Crippen LogP contribution in [0.25, 0.3) is 0 Å². The number of hydrogen-bond donors (Lipinski definition) is 0. The smallest absolute Gasteiger partial charge is 0.376 e. The molecule has 2 heterocycles. The molecule has 0 bridgehead atoms. The molecular formula is C24H23ClN4O4. The fourth-order valence-electron chi connectivity index (χ4n) is 3.81. The van der Waals surface area contributed by atoms with E-state index in [0.29, 0.717) is 27.9 Å². The molecule has 9 heteroatoms. The average Bonchev–Trinajstić information content (AvgIpc) is 3.17. The lowest BCUT2D eigenvalue weighted by Crippen LogP contribution is -2.47. The quantitative estimate of drug-likeness (QED) is 0.614. The standard InChI is InChI=1S/C24H23ClN4O4/c1-5-33-23(31)21-27-29(18-8-6-7-17(25)13-18)24-26-15(3)19(22(30)32-4)20(28(21)24)16-11-9-14(2)10-12-16/h6-13,20H,5H2,1-4H3/t20-/m1/s1. The van der Waals surface area contributed by atoms with Crippen LogP contribution in [-0.2, 0) is 19.1 Å². The third-order valence-electron chi connectivity index (χ3n) is 5.33. The lowest BCUT2D eigenvalue weighted by atomic mass is 9.93. The largest absolute Gasteiger partial charge is 0.466 e. The van der Waals surface area contributed by atoms with E-state index < -0.39 is 18.0 Å². The molecule has 2 aliphatic heterocycles. The summed E-state index contributed by atoms with van der Waals surface area (Å²) in [5.41, 5.74) is 3.23. The summed E-state index contributed by atoms with van der Waals surface area (Å²) in [6.07, 6.45) is 0. The number of benzene rings is 2. The van der Waals surface area contributed by atoms with Crippen LogP contribution in [0.1, 0.15) is 31.0 Å². The Morgan fingerprint density at radius 2 is 1.82 bits per heavy atom. The third-order valence-corrected chi connectivity index (χ3v) is 5.56. The zero-order valence-electron chi connectivity index (χ0n) is 18.7. The van der Waals surface area contributed by atoms with E-state index in [1.54, 1.807) is 43.0 Å². The molecule has 0 radical (unpaired) electrons. The number of amidine groups is 1. The van der Waals surface area contributed by atoms with Gasteiger partial charge in [0.2, 0.25) is 11.8 Å². The van der Waals surface area contributed by atoms with Crippen LogP contribution in [0.4, 0.5) is 5.69 Å². The van der Waals surface area contributed by atoms with Gasteiger partial charge in [0.15, 0.2) is 0 Å². The Hall–Kier alpha value is -3.65. The van der Waals surface area contributed by atoms with Crippen LogP contribution in [0.15, 0.2) is 69.9 Å². The van der Waals surface area contributed by atoms with E-state index >= 15 is 0 Å². The van der Waals surface area contributed by atoms with Crippen molar-refractivity contribution in [1.29, 1.82) is 0 Å². The first-order chi connectivity index (χ1) is 15.8. The molecule has 0 N–H and O–H groups in total. The summed E-state index contributed by atoms with van der Waals surface area (Å²) in [5.74, 6) is -0.799. The van der Waals surface area contributed by atoms with E-state index in [1.807, 2.05) is 31.2 Å². The maximum Gasteiger partial charge on any atom is 0.376 e. The molecule has 0 amide bonds. The predicted octanol–water partition coefficient (Wildman–Crippen LogP) is 4.20. The molecule has 0 saturated heterocycles. The highest BCUT2D eigenvalue weighted by Crippen LogP contribution is 2.40. The molecule has 2 aromatic carbocycles. The minimum absolute atomic E-state index is 0.00931. The maximum atomic E-state index is 13.0. The molecule has 0 aromatic heterocycles. The minimum atomic E-state index is -0.696. The van der Waals surface area contributed by atoms with Gasteiger partial charge in [0.05, 0.1) is 36.7 Å². The van der Waals surface area contributed by atoms with Gasteiger partial charge in [0.25, 0.3) is 0 Å². The molecule has 1 atom stereocenters. The van der Waals surface area contributed by atoms with Crippen molar-refractivity contribution in [3.63, 3.8) is 0 Å². The van der Waals surface area contributed by atoms with Crippen LogP contribution >= 0.6 is 11.6 Å². The number of esters is 2. The van der Waals surface area contributed by atoms with Crippen molar-refractivity contribution < 1.29 is 19.1 Å². The summed E-state index contributed by atoms with van der Waals surface area (Å²) in [4.78, 5) is 32.1. The average molecular weight is 467 g/mol. The number of hydrazone groups is 1. The summed E-state index contributed by atoms with van der Waals surface area (Å²) in [6.45, 7) is 5.59. The Bertz CT molecular complexity index is 1200. The van der Waals surface area contributed by atoms with Crippen molar-refractivity contribution in [2.75, 3.05) is 18.7 Å². The molecule has 0 unspecified atom stereocenters. The molecule has 0 saturated carbocycles. The second kappa shape index (κ2) is 9.07. The monoisotopic (exact) mass is 466 g/mol. The first-order valence-corrected chi connectivity index (χ1v) is 10.8. The van der Waals surface area contributed by atoms with Crippen molar-refractivity contribution in [2.45, 2.75) is 26.8 Å². The second-order valence-corrected chi connectivity index (χ2v) is 7.96. The van der Waals surface area contributed by atoms with Crippen molar-refractivity contribution in [1.82, 2.24) is 4.90 Å². The number of rotatable bonds is 5. The van der Waals surface area contributed by atoms with Gasteiger partial charge in [0.1, 0.15) is 0 Å². The van der Waals surface area contributed by atoms with Gasteiger partial charge in [-0.15, -0.1) is 5.10 Å². The summed E-state index contributed by atoms with van der Waals surface area (Å²) >= 11 is 6.21. The number of guanidine groups is 1. The summed E-state index contributed by atoms with van der Waals surface area (Å²) in [6, 6.07) is 14.0. The topological polar surface area (TPSA) is 83.8 Å².